The summed E-state index contributed by atoms with van der Waals surface area (Å²) >= 11 is 1.60. The summed E-state index contributed by atoms with van der Waals surface area (Å²) in [5.41, 5.74) is 2.61. The number of carbonyl (C=O) groups excluding carboxylic acids is 2. The summed E-state index contributed by atoms with van der Waals surface area (Å²) < 4.78 is 5.76. The van der Waals surface area contributed by atoms with Crippen LogP contribution in [0.3, 0.4) is 0 Å². The average Bonchev–Trinajstić information content (AvgIpc) is 3.16. The number of nitrogens with one attached hydrogen (secondary N) is 1. The molecule has 0 unspecified atom stereocenters. The summed E-state index contributed by atoms with van der Waals surface area (Å²) in [4.78, 5) is 27.1. The molecular weight excluding hydrogens is 408 g/mol. The van der Waals surface area contributed by atoms with E-state index < -0.39 is 0 Å². The van der Waals surface area contributed by atoms with Crippen LogP contribution in [0.4, 0.5) is 11.4 Å². The van der Waals surface area contributed by atoms with Gasteiger partial charge in [-0.2, -0.15) is 0 Å². The fourth-order valence-corrected chi connectivity index (χ4v) is 4.98. The maximum absolute atomic E-state index is 12.7. The Hall–Kier alpha value is -2.47. The van der Waals surface area contributed by atoms with Crippen LogP contribution in [0.15, 0.2) is 48.5 Å². The van der Waals surface area contributed by atoms with Crippen LogP contribution < -0.4 is 15.0 Å². The zero-order valence-electron chi connectivity index (χ0n) is 18.6. The Morgan fingerprint density at radius 1 is 1.16 bits per heavy atom. The maximum atomic E-state index is 12.7. The van der Waals surface area contributed by atoms with Gasteiger partial charge in [0.1, 0.15) is 11.1 Å². The normalized spacial score (nSPS) is 16.9. The van der Waals surface area contributed by atoms with Crippen molar-refractivity contribution in [2.75, 3.05) is 22.6 Å². The summed E-state index contributed by atoms with van der Waals surface area (Å²) in [7, 11) is 0. The van der Waals surface area contributed by atoms with E-state index in [9.17, 15) is 9.59 Å². The SMILES string of the molecule is CCCC[C@@H](CC)C(=O)Nc1ccc([C@H]2SCC(=O)N2c2ccccc2OCC)cc1. The lowest BCUT2D eigenvalue weighted by Gasteiger charge is -2.26. The van der Waals surface area contributed by atoms with Crippen molar-refractivity contribution in [1.82, 2.24) is 0 Å². The van der Waals surface area contributed by atoms with Gasteiger partial charge in [-0.1, -0.05) is 51.0 Å². The first-order valence-corrected chi connectivity index (χ1v) is 12.2. The van der Waals surface area contributed by atoms with Crippen molar-refractivity contribution in [3.05, 3.63) is 54.1 Å². The number of thioether (sulfide) groups is 1. The molecule has 1 aliphatic rings. The van der Waals surface area contributed by atoms with E-state index in [1.54, 1.807) is 11.8 Å². The summed E-state index contributed by atoms with van der Waals surface area (Å²) in [6.45, 7) is 6.69. The fraction of sp³-hybridized carbons (Fsp3) is 0.440. The first-order valence-electron chi connectivity index (χ1n) is 11.1. The number of amides is 2. The van der Waals surface area contributed by atoms with E-state index in [0.29, 0.717) is 18.1 Å². The molecule has 0 aliphatic carbocycles. The second-order valence-electron chi connectivity index (χ2n) is 7.69. The van der Waals surface area contributed by atoms with Crippen molar-refractivity contribution in [3.8, 4) is 5.75 Å². The molecule has 0 bridgehead atoms. The van der Waals surface area contributed by atoms with E-state index in [-0.39, 0.29) is 23.1 Å². The summed E-state index contributed by atoms with van der Waals surface area (Å²) in [6.07, 6.45) is 3.93. The van der Waals surface area contributed by atoms with Gasteiger partial charge >= 0.3 is 0 Å². The van der Waals surface area contributed by atoms with Crippen LogP contribution in [-0.2, 0) is 9.59 Å². The second kappa shape index (κ2) is 11.2. The van der Waals surface area contributed by atoms with Crippen molar-refractivity contribution in [3.63, 3.8) is 0 Å². The number of anilines is 2. The minimum absolute atomic E-state index is 0.0493. The van der Waals surface area contributed by atoms with E-state index >= 15 is 0 Å². The molecular formula is C25H32N2O3S. The van der Waals surface area contributed by atoms with Gasteiger partial charge in [0.05, 0.1) is 18.0 Å². The van der Waals surface area contributed by atoms with E-state index in [1.807, 2.05) is 60.4 Å². The van der Waals surface area contributed by atoms with Crippen molar-refractivity contribution in [1.29, 1.82) is 0 Å². The quantitative estimate of drug-likeness (QED) is 0.491. The molecule has 1 saturated heterocycles. The molecule has 0 spiro atoms. The van der Waals surface area contributed by atoms with Crippen LogP contribution in [-0.4, -0.2) is 24.2 Å². The van der Waals surface area contributed by atoms with Crippen molar-refractivity contribution in [2.24, 2.45) is 5.92 Å². The number of ether oxygens (including phenoxy) is 1. The highest BCUT2D eigenvalue weighted by molar-refractivity contribution is 8.00. The molecule has 5 nitrogen and oxygen atoms in total. The highest BCUT2D eigenvalue weighted by atomic mass is 32.2. The lowest BCUT2D eigenvalue weighted by molar-refractivity contribution is -0.120. The molecule has 2 amide bonds. The van der Waals surface area contributed by atoms with Gasteiger partial charge < -0.3 is 10.1 Å². The lowest BCUT2D eigenvalue weighted by Crippen LogP contribution is -2.28. The fourth-order valence-electron chi connectivity index (χ4n) is 3.81. The van der Waals surface area contributed by atoms with Crippen LogP contribution in [0.2, 0.25) is 0 Å². The standard InChI is InChI=1S/C25H32N2O3S/c1-4-7-10-18(5-2)24(29)26-20-15-13-19(14-16-20)25-27(23(28)17-31-25)21-11-8-9-12-22(21)30-6-3/h8-9,11-16,18,25H,4-7,10,17H2,1-3H3,(H,26,29)/t18-,25-/m1/s1. The molecule has 3 rings (SSSR count). The van der Waals surface area contributed by atoms with Crippen molar-refractivity contribution >= 4 is 35.0 Å². The predicted octanol–water partition coefficient (Wildman–Crippen LogP) is 6.02. The number of unbranched alkanes of at least 4 members (excludes halogenated alkanes) is 1. The number of hydrogen-bond acceptors (Lipinski definition) is 4. The summed E-state index contributed by atoms with van der Waals surface area (Å²) in [6, 6.07) is 15.5. The molecule has 1 N–H and O–H groups in total. The highest BCUT2D eigenvalue weighted by Gasteiger charge is 2.35. The third-order valence-electron chi connectivity index (χ3n) is 5.53. The lowest BCUT2D eigenvalue weighted by atomic mass is 9.98. The maximum Gasteiger partial charge on any atom is 0.238 e. The molecule has 1 aliphatic heterocycles. The Morgan fingerprint density at radius 2 is 1.90 bits per heavy atom. The molecule has 31 heavy (non-hydrogen) atoms. The molecule has 6 heteroatoms. The van der Waals surface area contributed by atoms with Gasteiger partial charge in [-0.3, -0.25) is 14.5 Å². The van der Waals surface area contributed by atoms with Gasteiger partial charge in [0.2, 0.25) is 11.8 Å². The minimum atomic E-state index is -0.119. The molecule has 2 atom stereocenters. The molecule has 0 saturated carbocycles. The summed E-state index contributed by atoms with van der Waals surface area (Å²) in [5, 5.41) is 2.93. The van der Waals surface area contributed by atoms with Crippen molar-refractivity contribution < 1.29 is 14.3 Å². The Bertz CT molecular complexity index is 885. The first kappa shape index (κ1) is 23.2. The molecule has 2 aromatic rings. The third kappa shape index (κ3) is 5.62. The molecule has 166 valence electrons. The Balaban J connectivity index is 1.75. The van der Waals surface area contributed by atoms with E-state index in [0.717, 1.165) is 42.6 Å². The van der Waals surface area contributed by atoms with Crippen LogP contribution in [0.25, 0.3) is 0 Å². The number of carbonyl (C=O) groups is 2. The predicted molar refractivity (Wildman–Crippen MR) is 129 cm³/mol. The Kier molecular flexibility index (Phi) is 8.41. The average molecular weight is 441 g/mol. The van der Waals surface area contributed by atoms with E-state index in [1.165, 1.54) is 0 Å². The molecule has 2 aromatic carbocycles. The second-order valence-corrected chi connectivity index (χ2v) is 8.76. The number of benzene rings is 2. The highest BCUT2D eigenvalue weighted by Crippen LogP contribution is 2.44. The number of rotatable bonds is 10. The van der Waals surface area contributed by atoms with Gasteiger partial charge in [-0.25, -0.2) is 0 Å². The van der Waals surface area contributed by atoms with Gasteiger partial charge in [-0.15, -0.1) is 11.8 Å². The molecule has 0 aromatic heterocycles. The Labute approximate surface area is 189 Å². The smallest absolute Gasteiger partial charge is 0.238 e. The molecule has 1 heterocycles. The van der Waals surface area contributed by atoms with Crippen LogP contribution >= 0.6 is 11.8 Å². The number of hydrogen-bond donors (Lipinski definition) is 1. The largest absolute Gasteiger partial charge is 0.492 e. The van der Waals surface area contributed by atoms with Gasteiger partial charge in [0.25, 0.3) is 0 Å². The zero-order valence-corrected chi connectivity index (χ0v) is 19.4. The van der Waals surface area contributed by atoms with E-state index in [4.69, 9.17) is 4.74 Å². The zero-order chi connectivity index (χ0) is 22.2. The topological polar surface area (TPSA) is 58.6 Å². The van der Waals surface area contributed by atoms with E-state index in [2.05, 4.69) is 19.2 Å². The minimum Gasteiger partial charge on any atom is -0.492 e. The van der Waals surface area contributed by atoms with Crippen molar-refractivity contribution in [2.45, 2.75) is 51.8 Å². The van der Waals surface area contributed by atoms with Gasteiger partial charge in [0, 0.05) is 11.6 Å². The first-order chi connectivity index (χ1) is 15.1. The van der Waals surface area contributed by atoms with Crippen LogP contribution in [0, 0.1) is 5.92 Å². The Morgan fingerprint density at radius 3 is 2.58 bits per heavy atom. The number of para-hydroxylation sites is 2. The number of nitrogens with zero attached hydrogens (tertiary/aromatic N) is 1. The third-order valence-corrected chi connectivity index (χ3v) is 6.74. The van der Waals surface area contributed by atoms with Crippen LogP contribution in [0.1, 0.15) is 57.4 Å². The monoisotopic (exact) mass is 440 g/mol. The molecule has 0 radical (unpaired) electrons. The van der Waals surface area contributed by atoms with Crippen LogP contribution in [0.5, 0.6) is 5.75 Å². The van der Waals surface area contributed by atoms with Gasteiger partial charge in [-0.05, 0) is 49.6 Å². The summed E-state index contributed by atoms with van der Waals surface area (Å²) in [5.74, 6) is 1.35. The molecule has 1 fully saturated rings. The van der Waals surface area contributed by atoms with Gasteiger partial charge in [0.15, 0.2) is 0 Å².